The Morgan fingerprint density at radius 2 is 1.71 bits per heavy atom. The topological polar surface area (TPSA) is 60.9 Å². The average molecular weight is 240 g/mol. The molecule has 0 unspecified atom stereocenters. The largest absolute Gasteiger partial charge is 0.480 e. The zero-order valence-electron chi connectivity index (χ0n) is 10.5. The Morgan fingerprint density at radius 3 is 2.06 bits per heavy atom. The molecule has 0 radical (unpaired) electrons. The predicted octanol–water partition coefficient (Wildman–Crippen LogP) is 1.25. The number of amides is 2. The summed E-state index contributed by atoms with van der Waals surface area (Å²) in [5, 5.41) is 8.72. The summed E-state index contributed by atoms with van der Waals surface area (Å²) in [4.78, 5) is 25.5. The smallest absolute Gasteiger partial charge is 0.323 e. The molecule has 0 aromatic heterocycles. The fourth-order valence-electron chi connectivity index (χ4n) is 1.51. The summed E-state index contributed by atoms with van der Waals surface area (Å²) >= 11 is 0. The molecule has 0 aliphatic carbocycles. The lowest BCUT2D eigenvalue weighted by Crippen LogP contribution is -2.46. The van der Waals surface area contributed by atoms with Gasteiger partial charge in [-0.15, -0.1) is 6.42 Å². The Hall–Kier alpha value is -1.70. The Morgan fingerprint density at radius 1 is 1.18 bits per heavy atom. The van der Waals surface area contributed by atoms with Crippen LogP contribution >= 0.6 is 0 Å². The summed E-state index contributed by atoms with van der Waals surface area (Å²) in [6.45, 7) is 4.85. The maximum absolute atomic E-state index is 12.0. The molecule has 96 valence electrons. The van der Waals surface area contributed by atoms with Crippen molar-refractivity contribution in [2.24, 2.45) is 0 Å². The minimum Gasteiger partial charge on any atom is -0.480 e. The molecule has 17 heavy (non-hydrogen) atoms. The van der Waals surface area contributed by atoms with Crippen LogP contribution in [0.15, 0.2) is 0 Å². The summed E-state index contributed by atoms with van der Waals surface area (Å²) in [6.07, 6.45) is 6.81. The van der Waals surface area contributed by atoms with Crippen molar-refractivity contribution >= 4 is 12.0 Å². The van der Waals surface area contributed by atoms with Crippen molar-refractivity contribution < 1.29 is 14.7 Å². The molecular weight excluding hydrogens is 220 g/mol. The highest BCUT2D eigenvalue weighted by Crippen LogP contribution is 2.02. The predicted molar refractivity (Wildman–Crippen MR) is 65.6 cm³/mol. The number of terminal acetylenes is 1. The van der Waals surface area contributed by atoms with Crippen LogP contribution in [0.1, 0.15) is 26.7 Å². The monoisotopic (exact) mass is 240 g/mol. The number of urea groups is 1. The third kappa shape index (κ3) is 5.81. The first-order valence-corrected chi connectivity index (χ1v) is 5.75. The van der Waals surface area contributed by atoms with E-state index >= 15 is 0 Å². The first kappa shape index (κ1) is 15.3. The van der Waals surface area contributed by atoms with Gasteiger partial charge in [-0.2, -0.15) is 0 Å². The normalized spacial score (nSPS) is 9.47. The molecule has 0 fully saturated rings. The summed E-state index contributed by atoms with van der Waals surface area (Å²) in [5.41, 5.74) is 0. The lowest BCUT2D eigenvalue weighted by Gasteiger charge is -2.28. The average Bonchev–Trinajstić information content (AvgIpc) is 2.27. The third-order valence-electron chi connectivity index (χ3n) is 2.14. The second-order valence-corrected chi connectivity index (χ2v) is 3.72. The van der Waals surface area contributed by atoms with Gasteiger partial charge in [-0.05, 0) is 12.8 Å². The first-order valence-electron chi connectivity index (χ1n) is 5.75. The molecule has 5 nitrogen and oxygen atoms in total. The molecule has 0 aromatic carbocycles. The molecule has 0 heterocycles. The van der Waals surface area contributed by atoms with E-state index in [1.807, 2.05) is 13.8 Å². The highest BCUT2D eigenvalue weighted by atomic mass is 16.4. The molecule has 0 bridgehead atoms. The second kappa shape index (κ2) is 8.45. The molecule has 2 amide bonds. The number of carboxylic acids is 1. The SMILES string of the molecule is C#CCN(CC(=O)O)C(=O)N(CCC)CCC. The number of aliphatic carboxylic acids is 1. The van der Waals surface area contributed by atoms with Crippen LogP contribution in [0, 0.1) is 12.3 Å². The van der Waals surface area contributed by atoms with Crippen LogP contribution in [0.4, 0.5) is 4.79 Å². The van der Waals surface area contributed by atoms with Gasteiger partial charge < -0.3 is 14.9 Å². The van der Waals surface area contributed by atoms with E-state index in [4.69, 9.17) is 11.5 Å². The number of carbonyl (C=O) groups is 2. The molecule has 0 aliphatic rings. The fraction of sp³-hybridized carbons (Fsp3) is 0.667. The lowest BCUT2D eigenvalue weighted by molar-refractivity contribution is -0.137. The number of carbonyl (C=O) groups excluding carboxylic acids is 1. The van der Waals surface area contributed by atoms with Gasteiger partial charge in [-0.3, -0.25) is 4.79 Å². The van der Waals surface area contributed by atoms with E-state index < -0.39 is 5.97 Å². The van der Waals surface area contributed by atoms with Crippen molar-refractivity contribution in [1.29, 1.82) is 0 Å². The molecule has 0 aromatic rings. The van der Waals surface area contributed by atoms with Gasteiger partial charge in [0.15, 0.2) is 0 Å². The zero-order valence-corrected chi connectivity index (χ0v) is 10.5. The standard InChI is InChI=1S/C12H20N2O3/c1-4-7-13(8-5-2)12(17)14(9-6-3)10-11(15)16/h3H,4-5,7-10H2,1-2H3,(H,15,16). The van der Waals surface area contributed by atoms with Crippen molar-refractivity contribution in [2.45, 2.75) is 26.7 Å². The van der Waals surface area contributed by atoms with Gasteiger partial charge >= 0.3 is 12.0 Å². The Bertz CT molecular complexity index is 291. The summed E-state index contributed by atoms with van der Waals surface area (Å²) in [7, 11) is 0. The van der Waals surface area contributed by atoms with Crippen LogP contribution in [-0.4, -0.2) is 53.1 Å². The van der Waals surface area contributed by atoms with E-state index in [1.54, 1.807) is 4.90 Å². The highest BCUT2D eigenvalue weighted by Gasteiger charge is 2.20. The summed E-state index contributed by atoms with van der Waals surface area (Å²) in [6, 6.07) is -0.297. The number of carboxylic acid groups (broad SMARTS) is 1. The number of rotatable bonds is 7. The molecule has 0 saturated carbocycles. The molecule has 0 rings (SSSR count). The van der Waals surface area contributed by atoms with E-state index in [2.05, 4.69) is 5.92 Å². The van der Waals surface area contributed by atoms with Crippen LogP contribution in [0.25, 0.3) is 0 Å². The van der Waals surface area contributed by atoms with Crippen LogP contribution in [0.5, 0.6) is 0 Å². The zero-order chi connectivity index (χ0) is 13.3. The van der Waals surface area contributed by atoms with Crippen molar-refractivity contribution in [3.8, 4) is 12.3 Å². The molecule has 0 aliphatic heterocycles. The van der Waals surface area contributed by atoms with Crippen molar-refractivity contribution in [1.82, 2.24) is 9.80 Å². The van der Waals surface area contributed by atoms with Gasteiger partial charge in [-0.1, -0.05) is 19.8 Å². The molecular formula is C12H20N2O3. The van der Waals surface area contributed by atoms with E-state index in [1.165, 1.54) is 4.90 Å². The third-order valence-corrected chi connectivity index (χ3v) is 2.14. The number of hydrogen-bond acceptors (Lipinski definition) is 2. The van der Waals surface area contributed by atoms with Crippen LogP contribution in [0.2, 0.25) is 0 Å². The van der Waals surface area contributed by atoms with Crippen molar-refractivity contribution in [3.63, 3.8) is 0 Å². The molecule has 1 N–H and O–H groups in total. The quantitative estimate of drug-likeness (QED) is 0.681. The van der Waals surface area contributed by atoms with Gasteiger partial charge in [0.05, 0.1) is 6.54 Å². The second-order valence-electron chi connectivity index (χ2n) is 3.72. The van der Waals surface area contributed by atoms with Crippen LogP contribution in [-0.2, 0) is 4.79 Å². The van der Waals surface area contributed by atoms with Crippen molar-refractivity contribution in [3.05, 3.63) is 0 Å². The number of hydrogen-bond donors (Lipinski definition) is 1. The Kier molecular flexibility index (Phi) is 7.61. The maximum Gasteiger partial charge on any atom is 0.323 e. The lowest BCUT2D eigenvalue weighted by atomic mass is 10.3. The van der Waals surface area contributed by atoms with Gasteiger partial charge in [0, 0.05) is 13.1 Å². The van der Waals surface area contributed by atoms with Crippen LogP contribution in [0.3, 0.4) is 0 Å². The van der Waals surface area contributed by atoms with Crippen molar-refractivity contribution in [2.75, 3.05) is 26.2 Å². The minimum absolute atomic E-state index is 0.0229. The Labute approximate surface area is 102 Å². The van der Waals surface area contributed by atoms with Gasteiger partial charge in [0.25, 0.3) is 0 Å². The maximum atomic E-state index is 12.0. The molecule has 0 spiro atoms. The molecule has 0 saturated heterocycles. The van der Waals surface area contributed by atoms with E-state index in [-0.39, 0.29) is 19.1 Å². The van der Waals surface area contributed by atoms with Gasteiger partial charge in [0.2, 0.25) is 0 Å². The van der Waals surface area contributed by atoms with E-state index in [9.17, 15) is 9.59 Å². The summed E-state index contributed by atoms with van der Waals surface area (Å²) < 4.78 is 0. The van der Waals surface area contributed by atoms with E-state index in [0.29, 0.717) is 13.1 Å². The Balaban J connectivity index is 4.64. The molecule has 0 atom stereocenters. The highest BCUT2D eigenvalue weighted by molar-refractivity contribution is 5.80. The minimum atomic E-state index is -1.05. The molecule has 5 heteroatoms. The first-order chi connectivity index (χ1) is 8.06. The fourth-order valence-corrected chi connectivity index (χ4v) is 1.51. The van der Waals surface area contributed by atoms with Gasteiger partial charge in [-0.25, -0.2) is 4.79 Å². The summed E-state index contributed by atoms with van der Waals surface area (Å²) in [5.74, 6) is 1.25. The van der Waals surface area contributed by atoms with E-state index in [0.717, 1.165) is 12.8 Å². The van der Waals surface area contributed by atoms with Gasteiger partial charge in [0.1, 0.15) is 6.54 Å². The number of nitrogens with zero attached hydrogens (tertiary/aromatic N) is 2. The van der Waals surface area contributed by atoms with Crippen LogP contribution < -0.4 is 0 Å².